The largest absolute Gasteiger partial charge is 0.198 e. The van der Waals surface area contributed by atoms with E-state index in [1.54, 1.807) is 0 Å². The van der Waals surface area contributed by atoms with Crippen LogP contribution < -0.4 is 0 Å². The van der Waals surface area contributed by atoms with Crippen LogP contribution in [0.25, 0.3) is 0 Å². The SMILES string of the molecule is C=CC(CC#N)c1ccccc1. The highest BCUT2D eigenvalue weighted by molar-refractivity contribution is 5.24. The molecule has 0 aliphatic heterocycles. The first kappa shape index (κ1) is 8.55. The number of rotatable bonds is 3. The summed E-state index contributed by atoms with van der Waals surface area (Å²) in [6, 6.07) is 12.1. The molecule has 0 saturated carbocycles. The van der Waals surface area contributed by atoms with Gasteiger partial charge in [-0.3, -0.25) is 0 Å². The van der Waals surface area contributed by atoms with Gasteiger partial charge in [0, 0.05) is 12.3 Å². The summed E-state index contributed by atoms with van der Waals surface area (Å²) >= 11 is 0. The average molecular weight is 157 g/mol. The highest BCUT2D eigenvalue weighted by Gasteiger charge is 2.04. The summed E-state index contributed by atoms with van der Waals surface area (Å²) in [6.07, 6.45) is 2.33. The third-order valence-electron chi connectivity index (χ3n) is 1.82. The van der Waals surface area contributed by atoms with E-state index in [0.717, 1.165) is 5.56 Å². The van der Waals surface area contributed by atoms with Crippen LogP contribution in [-0.2, 0) is 0 Å². The fourth-order valence-corrected chi connectivity index (χ4v) is 1.14. The fourth-order valence-electron chi connectivity index (χ4n) is 1.14. The van der Waals surface area contributed by atoms with Crippen LogP contribution in [-0.4, -0.2) is 0 Å². The number of hydrogen-bond donors (Lipinski definition) is 0. The van der Waals surface area contributed by atoms with Gasteiger partial charge in [-0.2, -0.15) is 5.26 Å². The molecule has 1 heteroatoms. The van der Waals surface area contributed by atoms with Gasteiger partial charge in [0.1, 0.15) is 0 Å². The zero-order chi connectivity index (χ0) is 8.81. The van der Waals surface area contributed by atoms with Crippen molar-refractivity contribution in [1.82, 2.24) is 0 Å². The molecule has 0 fully saturated rings. The molecule has 60 valence electrons. The standard InChI is InChI=1S/C11H11N/c1-2-10(8-9-12)11-6-4-3-5-7-11/h2-7,10H,1,8H2. The Kier molecular flexibility index (Phi) is 3.10. The maximum absolute atomic E-state index is 8.53. The molecule has 0 saturated heterocycles. The van der Waals surface area contributed by atoms with Gasteiger partial charge >= 0.3 is 0 Å². The van der Waals surface area contributed by atoms with Crippen molar-refractivity contribution in [2.45, 2.75) is 12.3 Å². The molecule has 0 bridgehead atoms. The number of nitriles is 1. The molecular formula is C11H11N. The highest BCUT2D eigenvalue weighted by atomic mass is 14.2. The second-order valence-corrected chi connectivity index (χ2v) is 2.62. The first-order chi connectivity index (χ1) is 5.88. The Bertz CT molecular complexity index is 282. The van der Waals surface area contributed by atoms with E-state index in [0.29, 0.717) is 6.42 Å². The Labute approximate surface area is 73.0 Å². The molecule has 12 heavy (non-hydrogen) atoms. The van der Waals surface area contributed by atoms with Crippen molar-refractivity contribution in [1.29, 1.82) is 5.26 Å². The van der Waals surface area contributed by atoms with Crippen LogP contribution in [0.15, 0.2) is 43.0 Å². The van der Waals surface area contributed by atoms with Crippen LogP contribution in [0, 0.1) is 11.3 Å². The van der Waals surface area contributed by atoms with Gasteiger partial charge in [0.25, 0.3) is 0 Å². The van der Waals surface area contributed by atoms with E-state index in [2.05, 4.69) is 12.6 Å². The highest BCUT2D eigenvalue weighted by Crippen LogP contribution is 2.19. The Hall–Kier alpha value is -1.55. The predicted molar refractivity (Wildman–Crippen MR) is 49.6 cm³/mol. The van der Waals surface area contributed by atoms with E-state index in [1.807, 2.05) is 36.4 Å². The first-order valence-electron chi connectivity index (χ1n) is 3.93. The zero-order valence-electron chi connectivity index (χ0n) is 6.90. The monoisotopic (exact) mass is 157 g/mol. The Morgan fingerprint density at radius 2 is 2.08 bits per heavy atom. The van der Waals surface area contributed by atoms with Crippen LogP contribution in [0.5, 0.6) is 0 Å². The van der Waals surface area contributed by atoms with Gasteiger partial charge in [-0.15, -0.1) is 6.58 Å². The van der Waals surface area contributed by atoms with Gasteiger partial charge in [0.2, 0.25) is 0 Å². The third kappa shape index (κ3) is 1.96. The molecule has 1 aromatic rings. The Morgan fingerprint density at radius 1 is 1.42 bits per heavy atom. The summed E-state index contributed by atoms with van der Waals surface area (Å²) in [5.41, 5.74) is 1.16. The van der Waals surface area contributed by atoms with Gasteiger partial charge in [-0.1, -0.05) is 36.4 Å². The molecule has 0 aromatic heterocycles. The van der Waals surface area contributed by atoms with Gasteiger partial charge in [-0.25, -0.2) is 0 Å². The van der Waals surface area contributed by atoms with Crippen molar-refractivity contribution < 1.29 is 0 Å². The summed E-state index contributed by atoms with van der Waals surface area (Å²) in [6.45, 7) is 3.70. The topological polar surface area (TPSA) is 23.8 Å². The van der Waals surface area contributed by atoms with Crippen molar-refractivity contribution in [2.24, 2.45) is 0 Å². The molecule has 1 atom stereocenters. The number of allylic oxidation sites excluding steroid dienone is 1. The van der Waals surface area contributed by atoms with E-state index >= 15 is 0 Å². The van der Waals surface area contributed by atoms with E-state index in [9.17, 15) is 0 Å². The zero-order valence-corrected chi connectivity index (χ0v) is 6.90. The van der Waals surface area contributed by atoms with E-state index in [1.165, 1.54) is 0 Å². The van der Waals surface area contributed by atoms with E-state index in [-0.39, 0.29) is 5.92 Å². The smallest absolute Gasteiger partial charge is 0.0631 e. The molecular weight excluding hydrogens is 146 g/mol. The molecule has 0 spiro atoms. The van der Waals surface area contributed by atoms with Crippen LogP contribution in [0.4, 0.5) is 0 Å². The van der Waals surface area contributed by atoms with Crippen molar-refractivity contribution in [2.75, 3.05) is 0 Å². The molecule has 0 heterocycles. The molecule has 0 radical (unpaired) electrons. The van der Waals surface area contributed by atoms with Gasteiger partial charge in [0.05, 0.1) is 6.07 Å². The summed E-state index contributed by atoms with van der Waals surface area (Å²) in [5.74, 6) is 0.177. The lowest BCUT2D eigenvalue weighted by Gasteiger charge is -2.06. The molecule has 1 unspecified atom stereocenters. The average Bonchev–Trinajstić information content (AvgIpc) is 2.15. The van der Waals surface area contributed by atoms with Crippen molar-refractivity contribution in [3.63, 3.8) is 0 Å². The first-order valence-corrected chi connectivity index (χ1v) is 3.93. The summed E-state index contributed by atoms with van der Waals surface area (Å²) < 4.78 is 0. The summed E-state index contributed by atoms with van der Waals surface area (Å²) in [4.78, 5) is 0. The van der Waals surface area contributed by atoms with Crippen LogP contribution >= 0.6 is 0 Å². The van der Waals surface area contributed by atoms with Crippen LogP contribution in [0.2, 0.25) is 0 Å². The number of hydrogen-bond acceptors (Lipinski definition) is 1. The quantitative estimate of drug-likeness (QED) is 0.619. The lowest BCUT2D eigenvalue weighted by atomic mass is 9.97. The van der Waals surface area contributed by atoms with E-state index < -0.39 is 0 Å². The van der Waals surface area contributed by atoms with Crippen molar-refractivity contribution in [3.8, 4) is 6.07 Å². The van der Waals surface area contributed by atoms with Crippen LogP contribution in [0.3, 0.4) is 0 Å². The molecule has 1 nitrogen and oxygen atoms in total. The second-order valence-electron chi connectivity index (χ2n) is 2.62. The normalized spacial score (nSPS) is 11.6. The molecule has 0 aliphatic carbocycles. The Balaban J connectivity index is 2.81. The number of nitrogens with zero attached hydrogens (tertiary/aromatic N) is 1. The van der Waals surface area contributed by atoms with Crippen molar-refractivity contribution in [3.05, 3.63) is 48.6 Å². The van der Waals surface area contributed by atoms with Gasteiger partial charge < -0.3 is 0 Å². The van der Waals surface area contributed by atoms with Gasteiger partial charge in [0.15, 0.2) is 0 Å². The van der Waals surface area contributed by atoms with E-state index in [4.69, 9.17) is 5.26 Å². The Morgan fingerprint density at radius 3 is 2.58 bits per heavy atom. The lowest BCUT2D eigenvalue weighted by Crippen LogP contribution is -1.92. The summed E-state index contributed by atoms with van der Waals surface area (Å²) in [5, 5.41) is 8.53. The predicted octanol–water partition coefficient (Wildman–Crippen LogP) is 2.87. The maximum Gasteiger partial charge on any atom is 0.0631 e. The lowest BCUT2D eigenvalue weighted by molar-refractivity contribution is 0.875. The second kappa shape index (κ2) is 4.35. The van der Waals surface area contributed by atoms with Crippen LogP contribution in [0.1, 0.15) is 17.9 Å². The molecule has 1 aromatic carbocycles. The fraction of sp³-hybridized carbons (Fsp3) is 0.182. The molecule has 0 amide bonds. The minimum Gasteiger partial charge on any atom is -0.198 e. The molecule has 1 rings (SSSR count). The molecule has 0 N–H and O–H groups in total. The van der Waals surface area contributed by atoms with Crippen molar-refractivity contribution >= 4 is 0 Å². The number of benzene rings is 1. The minimum absolute atomic E-state index is 0.177. The third-order valence-corrected chi connectivity index (χ3v) is 1.82. The minimum atomic E-state index is 0.177. The summed E-state index contributed by atoms with van der Waals surface area (Å²) in [7, 11) is 0. The van der Waals surface area contributed by atoms with Gasteiger partial charge in [-0.05, 0) is 5.56 Å². The maximum atomic E-state index is 8.53. The molecule has 0 aliphatic rings.